The SMILES string of the molecule is COC(=O)c1cc(CN(C)C(=O)C2=Cc3cc(Cl)ccc3OC2)oc1C. The van der Waals surface area contributed by atoms with Crippen molar-refractivity contribution in [1.82, 2.24) is 4.90 Å². The lowest BCUT2D eigenvalue weighted by atomic mass is 10.1. The summed E-state index contributed by atoms with van der Waals surface area (Å²) in [6, 6.07) is 6.86. The van der Waals surface area contributed by atoms with Crippen molar-refractivity contribution >= 4 is 29.6 Å². The third kappa shape index (κ3) is 3.60. The lowest BCUT2D eigenvalue weighted by molar-refractivity contribution is -0.126. The van der Waals surface area contributed by atoms with Gasteiger partial charge in [-0.3, -0.25) is 4.79 Å². The van der Waals surface area contributed by atoms with Crippen LogP contribution >= 0.6 is 11.6 Å². The molecule has 2 aromatic rings. The first-order valence-corrected chi connectivity index (χ1v) is 8.33. The van der Waals surface area contributed by atoms with Crippen LogP contribution in [0.2, 0.25) is 5.02 Å². The van der Waals surface area contributed by atoms with Crippen molar-refractivity contribution in [1.29, 1.82) is 0 Å². The Balaban J connectivity index is 1.75. The number of benzene rings is 1. The van der Waals surface area contributed by atoms with Gasteiger partial charge >= 0.3 is 5.97 Å². The van der Waals surface area contributed by atoms with Crippen LogP contribution in [0.5, 0.6) is 5.75 Å². The molecule has 0 N–H and O–H groups in total. The molecule has 1 aliphatic rings. The first-order chi connectivity index (χ1) is 12.4. The smallest absolute Gasteiger partial charge is 0.341 e. The molecule has 0 radical (unpaired) electrons. The molecule has 1 aliphatic heterocycles. The number of aryl methyl sites for hydroxylation is 1. The molecule has 1 aromatic carbocycles. The second kappa shape index (κ2) is 7.25. The van der Waals surface area contributed by atoms with Gasteiger partial charge in [-0.25, -0.2) is 4.79 Å². The maximum absolute atomic E-state index is 12.7. The van der Waals surface area contributed by atoms with Crippen LogP contribution in [-0.2, 0) is 16.1 Å². The van der Waals surface area contributed by atoms with Gasteiger partial charge in [0.1, 0.15) is 29.4 Å². The van der Waals surface area contributed by atoms with Crippen LogP contribution in [0.1, 0.15) is 27.4 Å². The lowest BCUT2D eigenvalue weighted by Crippen LogP contribution is -2.30. The Bertz CT molecular complexity index is 899. The maximum atomic E-state index is 12.7. The Morgan fingerprint density at radius 1 is 1.31 bits per heavy atom. The second-order valence-corrected chi connectivity index (χ2v) is 6.41. The Morgan fingerprint density at radius 3 is 2.81 bits per heavy atom. The Hall–Kier alpha value is -2.73. The van der Waals surface area contributed by atoms with Gasteiger partial charge in [-0.2, -0.15) is 0 Å². The second-order valence-electron chi connectivity index (χ2n) is 5.98. The van der Waals surface area contributed by atoms with Crippen LogP contribution in [0.15, 0.2) is 34.3 Å². The highest BCUT2D eigenvalue weighted by molar-refractivity contribution is 6.30. The van der Waals surface area contributed by atoms with Gasteiger partial charge in [0.05, 0.1) is 19.2 Å². The summed E-state index contributed by atoms with van der Waals surface area (Å²) in [4.78, 5) is 25.9. The number of rotatable bonds is 4. The number of esters is 1. The van der Waals surface area contributed by atoms with Crippen LogP contribution in [0.3, 0.4) is 0 Å². The molecule has 0 fully saturated rings. The molecule has 7 heteroatoms. The van der Waals surface area contributed by atoms with E-state index in [1.165, 1.54) is 12.0 Å². The molecule has 0 aliphatic carbocycles. The molecule has 1 amide bonds. The molecular weight excluding hydrogens is 358 g/mol. The summed E-state index contributed by atoms with van der Waals surface area (Å²) < 4.78 is 15.9. The summed E-state index contributed by atoms with van der Waals surface area (Å²) >= 11 is 6.00. The van der Waals surface area contributed by atoms with Crippen LogP contribution in [0.4, 0.5) is 0 Å². The predicted molar refractivity (Wildman–Crippen MR) is 96.2 cm³/mol. The molecule has 0 bridgehead atoms. The van der Waals surface area contributed by atoms with Crippen molar-refractivity contribution in [3.63, 3.8) is 0 Å². The number of methoxy groups -OCH3 is 1. The maximum Gasteiger partial charge on any atom is 0.341 e. The van der Waals surface area contributed by atoms with Gasteiger partial charge in [0.15, 0.2) is 0 Å². The summed E-state index contributed by atoms with van der Waals surface area (Å²) in [5.74, 6) is 0.988. The number of likely N-dealkylation sites (N-methyl/N-ethyl adjacent to an activating group) is 1. The Morgan fingerprint density at radius 2 is 2.08 bits per heavy atom. The van der Waals surface area contributed by atoms with Crippen molar-refractivity contribution < 1.29 is 23.5 Å². The van der Waals surface area contributed by atoms with Gasteiger partial charge in [-0.1, -0.05) is 11.6 Å². The van der Waals surface area contributed by atoms with Crippen molar-refractivity contribution in [2.24, 2.45) is 0 Å². The molecule has 136 valence electrons. The molecule has 0 spiro atoms. The summed E-state index contributed by atoms with van der Waals surface area (Å²) in [6.45, 7) is 2.08. The summed E-state index contributed by atoms with van der Waals surface area (Å²) in [5.41, 5.74) is 1.63. The minimum Gasteiger partial charge on any atom is -0.488 e. The van der Waals surface area contributed by atoms with Crippen LogP contribution in [-0.4, -0.2) is 37.5 Å². The molecule has 0 atom stereocenters. The number of carbonyl (C=O) groups is 2. The van der Waals surface area contributed by atoms with E-state index in [1.807, 2.05) is 0 Å². The Labute approximate surface area is 155 Å². The fourth-order valence-electron chi connectivity index (χ4n) is 2.76. The van der Waals surface area contributed by atoms with E-state index in [0.29, 0.717) is 33.4 Å². The van der Waals surface area contributed by atoms with Gasteiger partial charge < -0.3 is 18.8 Å². The molecule has 0 unspecified atom stereocenters. The van der Waals surface area contributed by atoms with Crippen LogP contribution < -0.4 is 4.74 Å². The highest BCUT2D eigenvalue weighted by Crippen LogP contribution is 2.29. The molecule has 2 heterocycles. The number of furan rings is 1. The first kappa shape index (κ1) is 18.1. The number of halogens is 1. The number of ether oxygens (including phenoxy) is 2. The van der Waals surface area contributed by atoms with Crippen molar-refractivity contribution in [3.8, 4) is 5.75 Å². The zero-order chi connectivity index (χ0) is 18.8. The topological polar surface area (TPSA) is 69.0 Å². The van der Waals surface area contributed by atoms with Gasteiger partial charge in [-0.15, -0.1) is 0 Å². The number of fused-ring (bicyclic) bond motifs is 1. The van der Waals surface area contributed by atoms with Gasteiger partial charge in [0.2, 0.25) is 0 Å². The minimum absolute atomic E-state index is 0.183. The molecule has 3 rings (SSSR count). The molecule has 0 saturated heterocycles. The van der Waals surface area contributed by atoms with E-state index >= 15 is 0 Å². The standard InChI is InChI=1S/C19H18ClNO5/c1-11-16(19(23)24-3)8-15(26-11)9-21(2)18(22)13-6-12-7-14(20)4-5-17(12)25-10-13/h4-8H,9-10H2,1-3H3. The first-order valence-electron chi connectivity index (χ1n) is 7.95. The van der Waals surface area contributed by atoms with E-state index in [1.54, 1.807) is 44.3 Å². The van der Waals surface area contributed by atoms with E-state index in [-0.39, 0.29) is 19.1 Å². The van der Waals surface area contributed by atoms with E-state index in [2.05, 4.69) is 0 Å². The van der Waals surface area contributed by atoms with Crippen LogP contribution in [0, 0.1) is 6.92 Å². The molecule has 26 heavy (non-hydrogen) atoms. The summed E-state index contributed by atoms with van der Waals surface area (Å²) in [6.07, 6.45) is 1.77. The molecular formula is C19H18ClNO5. The minimum atomic E-state index is -0.469. The average molecular weight is 376 g/mol. The highest BCUT2D eigenvalue weighted by Gasteiger charge is 2.22. The Kier molecular flexibility index (Phi) is 5.04. The number of carbonyl (C=O) groups excluding carboxylic acids is 2. The quantitative estimate of drug-likeness (QED) is 0.765. The number of hydrogen-bond donors (Lipinski definition) is 0. The van der Waals surface area contributed by atoms with Gasteiger partial charge in [-0.05, 0) is 37.3 Å². The number of amides is 1. The fourth-order valence-corrected chi connectivity index (χ4v) is 2.94. The third-order valence-electron chi connectivity index (χ3n) is 4.07. The van der Waals surface area contributed by atoms with Crippen molar-refractivity contribution in [2.75, 3.05) is 20.8 Å². The number of nitrogens with zero attached hydrogens (tertiary/aromatic N) is 1. The monoisotopic (exact) mass is 375 g/mol. The fraction of sp³-hybridized carbons (Fsp3) is 0.263. The van der Waals surface area contributed by atoms with Gasteiger partial charge in [0, 0.05) is 17.6 Å². The lowest BCUT2D eigenvalue weighted by Gasteiger charge is -2.22. The van der Waals surface area contributed by atoms with E-state index in [0.717, 1.165) is 5.56 Å². The average Bonchev–Trinajstić information content (AvgIpc) is 2.99. The molecule has 0 saturated carbocycles. The molecule has 6 nitrogen and oxygen atoms in total. The predicted octanol–water partition coefficient (Wildman–Crippen LogP) is 3.46. The van der Waals surface area contributed by atoms with E-state index < -0.39 is 5.97 Å². The normalized spacial score (nSPS) is 12.7. The summed E-state index contributed by atoms with van der Waals surface area (Å²) in [5, 5.41) is 0.576. The van der Waals surface area contributed by atoms with E-state index in [9.17, 15) is 9.59 Å². The highest BCUT2D eigenvalue weighted by atomic mass is 35.5. The zero-order valence-electron chi connectivity index (χ0n) is 14.7. The summed E-state index contributed by atoms with van der Waals surface area (Å²) in [7, 11) is 2.97. The number of hydrogen-bond acceptors (Lipinski definition) is 5. The van der Waals surface area contributed by atoms with E-state index in [4.69, 9.17) is 25.5 Å². The third-order valence-corrected chi connectivity index (χ3v) is 4.31. The largest absolute Gasteiger partial charge is 0.488 e. The zero-order valence-corrected chi connectivity index (χ0v) is 15.4. The van der Waals surface area contributed by atoms with Crippen molar-refractivity contribution in [3.05, 3.63) is 57.5 Å². The van der Waals surface area contributed by atoms with Crippen LogP contribution in [0.25, 0.3) is 6.08 Å². The van der Waals surface area contributed by atoms with Crippen molar-refractivity contribution in [2.45, 2.75) is 13.5 Å². The van der Waals surface area contributed by atoms with Gasteiger partial charge in [0.25, 0.3) is 5.91 Å². The molecule has 1 aromatic heterocycles.